The molecule has 1 N–H and O–H groups in total. The van der Waals surface area contributed by atoms with E-state index < -0.39 is 35.0 Å². The number of carbonyl (C=O) groups is 4. The topological polar surface area (TPSA) is 98.2 Å². The number of likely N-dealkylation sites (tertiary alicyclic amines) is 2. The molecular weight excluding hydrogens is 638 g/mol. The number of phenolic OH excluding ortho intramolecular Hbond substituents is 1. The van der Waals surface area contributed by atoms with Crippen LogP contribution in [-0.4, -0.2) is 57.7 Å². The Morgan fingerprint density at radius 1 is 0.765 bits per heavy atom. The monoisotopic (exact) mass is 679 g/mol. The Morgan fingerprint density at radius 3 is 2.20 bits per heavy atom. The van der Waals surface area contributed by atoms with Crippen LogP contribution in [0.15, 0.2) is 109 Å². The van der Waals surface area contributed by atoms with Gasteiger partial charge in [-0.1, -0.05) is 90.5 Å². The van der Waals surface area contributed by atoms with Crippen molar-refractivity contribution in [3.63, 3.8) is 0 Å². The summed E-state index contributed by atoms with van der Waals surface area (Å²) in [5.74, 6) is -3.75. The lowest BCUT2D eigenvalue weighted by atomic mass is 9.51. The van der Waals surface area contributed by atoms with Crippen LogP contribution in [-0.2, 0) is 25.7 Å². The molecule has 8 heteroatoms. The number of hydrogen-bond acceptors (Lipinski definition) is 6. The summed E-state index contributed by atoms with van der Waals surface area (Å²) >= 11 is 0. The van der Waals surface area contributed by atoms with Crippen molar-refractivity contribution in [2.75, 3.05) is 18.0 Å². The Kier molecular flexibility index (Phi) is 7.51. The van der Waals surface area contributed by atoms with E-state index in [9.17, 15) is 24.3 Å². The molecule has 51 heavy (non-hydrogen) atoms. The first kappa shape index (κ1) is 31.9. The van der Waals surface area contributed by atoms with Crippen molar-refractivity contribution in [3.05, 3.63) is 120 Å². The van der Waals surface area contributed by atoms with Crippen LogP contribution in [0.25, 0.3) is 10.8 Å². The van der Waals surface area contributed by atoms with Crippen LogP contribution in [0, 0.1) is 29.1 Å². The van der Waals surface area contributed by atoms with Crippen LogP contribution in [0.5, 0.6) is 5.75 Å². The highest BCUT2D eigenvalue weighted by atomic mass is 16.3. The predicted octanol–water partition coefficient (Wildman–Crippen LogP) is 6.44. The van der Waals surface area contributed by atoms with Crippen molar-refractivity contribution in [2.24, 2.45) is 29.1 Å². The Labute approximate surface area is 297 Å². The average Bonchev–Trinajstić information content (AvgIpc) is 3.52. The van der Waals surface area contributed by atoms with Gasteiger partial charge in [0.25, 0.3) is 0 Å². The quantitative estimate of drug-likeness (QED) is 0.193. The minimum Gasteiger partial charge on any atom is -0.508 e. The Balaban J connectivity index is 1.09. The van der Waals surface area contributed by atoms with E-state index in [1.807, 2.05) is 73.7 Å². The van der Waals surface area contributed by atoms with E-state index in [4.69, 9.17) is 0 Å². The van der Waals surface area contributed by atoms with Gasteiger partial charge in [-0.3, -0.25) is 29.0 Å². The maximum atomic E-state index is 14.8. The van der Waals surface area contributed by atoms with E-state index in [2.05, 4.69) is 23.1 Å². The number of para-hydroxylation sites is 1. The van der Waals surface area contributed by atoms with E-state index >= 15 is 0 Å². The zero-order chi connectivity index (χ0) is 35.0. The second-order valence-electron chi connectivity index (χ2n) is 15.3. The van der Waals surface area contributed by atoms with E-state index in [1.54, 1.807) is 23.1 Å². The smallest absolute Gasteiger partial charge is 0.241 e. The number of nitrogens with zero attached hydrogens (tertiary/aromatic N) is 3. The number of hydrogen-bond donors (Lipinski definition) is 1. The number of anilines is 1. The molecule has 0 aromatic heterocycles. The lowest BCUT2D eigenvalue weighted by Gasteiger charge is -2.49. The van der Waals surface area contributed by atoms with Gasteiger partial charge in [-0.15, -0.1) is 0 Å². The summed E-state index contributed by atoms with van der Waals surface area (Å²) in [4.78, 5) is 63.4. The third-order valence-electron chi connectivity index (χ3n) is 12.7. The molecule has 8 nitrogen and oxygen atoms in total. The Hall–Kier alpha value is -5.08. The summed E-state index contributed by atoms with van der Waals surface area (Å²) in [6.07, 6.45) is 4.20. The molecule has 3 saturated heterocycles. The van der Waals surface area contributed by atoms with Gasteiger partial charge in [-0.25, -0.2) is 4.90 Å². The largest absolute Gasteiger partial charge is 0.508 e. The van der Waals surface area contributed by atoms with Gasteiger partial charge in [0, 0.05) is 37.2 Å². The fraction of sp³-hybridized carbons (Fsp3) is 0.349. The molecule has 2 aliphatic carbocycles. The second kappa shape index (κ2) is 12.0. The average molecular weight is 680 g/mol. The zero-order valence-corrected chi connectivity index (χ0v) is 28.7. The van der Waals surface area contributed by atoms with Gasteiger partial charge in [0.05, 0.1) is 28.9 Å². The number of allylic oxidation sites excluding steroid dienone is 2. The number of rotatable bonds is 5. The van der Waals surface area contributed by atoms with Crippen LogP contribution < -0.4 is 4.90 Å². The first-order chi connectivity index (χ1) is 24.8. The number of piperidine rings is 1. The van der Waals surface area contributed by atoms with Crippen molar-refractivity contribution in [3.8, 4) is 5.75 Å². The van der Waals surface area contributed by atoms with Crippen LogP contribution in [0.3, 0.4) is 0 Å². The van der Waals surface area contributed by atoms with Crippen molar-refractivity contribution >= 4 is 40.1 Å². The highest BCUT2D eigenvalue weighted by Crippen LogP contribution is 2.65. The zero-order valence-electron chi connectivity index (χ0n) is 28.7. The van der Waals surface area contributed by atoms with E-state index in [1.165, 1.54) is 10.5 Å². The SMILES string of the molecule is CC12C(=O)N(c3ccccc3)C(=O)C1CC1C(=CCC3C(=O)N(C4CCN(Cc5ccccc5)CC4)C(=O)C31)C2c1c(O)ccc2ccccc12. The lowest BCUT2D eigenvalue weighted by molar-refractivity contribution is -0.144. The third-order valence-corrected chi connectivity index (χ3v) is 12.7. The summed E-state index contributed by atoms with van der Waals surface area (Å²) in [7, 11) is 0. The van der Waals surface area contributed by atoms with Gasteiger partial charge in [0.1, 0.15) is 5.75 Å². The third kappa shape index (κ3) is 4.75. The van der Waals surface area contributed by atoms with Crippen LogP contribution in [0.2, 0.25) is 0 Å². The predicted molar refractivity (Wildman–Crippen MR) is 193 cm³/mol. The molecule has 4 aromatic carbocycles. The summed E-state index contributed by atoms with van der Waals surface area (Å²) in [5, 5.41) is 13.4. The molecule has 258 valence electrons. The molecule has 1 saturated carbocycles. The number of aromatic hydroxyl groups is 1. The number of phenols is 1. The molecule has 6 atom stereocenters. The normalized spacial score (nSPS) is 29.7. The van der Waals surface area contributed by atoms with Crippen LogP contribution in [0.4, 0.5) is 5.69 Å². The molecule has 4 aromatic rings. The van der Waals surface area contributed by atoms with Gasteiger partial charge in [-0.05, 0) is 73.1 Å². The molecule has 3 heterocycles. The fourth-order valence-electron chi connectivity index (χ4n) is 10.3. The van der Waals surface area contributed by atoms with Crippen molar-refractivity contribution in [2.45, 2.75) is 51.1 Å². The van der Waals surface area contributed by atoms with E-state index in [-0.39, 0.29) is 35.4 Å². The number of benzene rings is 4. The standard InChI is InChI=1S/C43H41N3O5/c1-43-34(40(49)46(42(43)51)28-13-6-3-7-14-28)24-33-31(38(43)37-30-15-9-8-12-27(30)16-19-35(37)47)17-18-32-36(33)41(50)45(39(32)48)29-20-22-44(23-21-29)25-26-10-4-2-5-11-26/h2-17,19,29,32-34,36,38,47H,18,20-25H2,1H3. The molecular formula is C43H41N3O5. The highest BCUT2D eigenvalue weighted by molar-refractivity contribution is 6.24. The highest BCUT2D eigenvalue weighted by Gasteiger charge is 2.68. The summed E-state index contributed by atoms with van der Waals surface area (Å²) in [5.41, 5.74) is 2.02. The number of amides is 4. The van der Waals surface area contributed by atoms with Crippen LogP contribution in [0.1, 0.15) is 49.7 Å². The molecule has 9 rings (SSSR count). The molecule has 6 unspecified atom stereocenters. The maximum Gasteiger partial charge on any atom is 0.241 e. The van der Waals surface area contributed by atoms with Gasteiger partial charge in [0.2, 0.25) is 23.6 Å². The Bertz CT molecular complexity index is 2110. The summed E-state index contributed by atoms with van der Waals surface area (Å²) in [6.45, 7) is 4.31. The van der Waals surface area contributed by atoms with Crippen molar-refractivity contribution in [1.29, 1.82) is 0 Å². The van der Waals surface area contributed by atoms with Crippen molar-refractivity contribution < 1.29 is 24.3 Å². The van der Waals surface area contributed by atoms with Gasteiger partial charge >= 0.3 is 0 Å². The first-order valence-corrected chi connectivity index (χ1v) is 18.2. The maximum absolute atomic E-state index is 14.8. The van der Waals surface area contributed by atoms with Gasteiger partial charge < -0.3 is 5.11 Å². The fourth-order valence-corrected chi connectivity index (χ4v) is 10.3. The van der Waals surface area contributed by atoms with Crippen LogP contribution >= 0.6 is 0 Å². The van der Waals surface area contributed by atoms with Crippen molar-refractivity contribution in [1.82, 2.24) is 9.80 Å². The minimum absolute atomic E-state index is 0.0541. The molecule has 0 spiro atoms. The molecule has 0 radical (unpaired) electrons. The number of carbonyl (C=O) groups excluding carboxylic acids is 4. The summed E-state index contributed by atoms with van der Waals surface area (Å²) < 4.78 is 0. The molecule has 5 aliphatic rings. The Morgan fingerprint density at radius 2 is 1.45 bits per heavy atom. The minimum atomic E-state index is -1.22. The first-order valence-electron chi connectivity index (χ1n) is 18.2. The van der Waals surface area contributed by atoms with E-state index in [0.717, 1.165) is 48.8 Å². The van der Waals surface area contributed by atoms with Gasteiger partial charge in [0.15, 0.2) is 0 Å². The molecule has 4 fully saturated rings. The molecule has 3 aliphatic heterocycles. The number of imide groups is 2. The molecule has 4 amide bonds. The summed E-state index contributed by atoms with van der Waals surface area (Å²) in [6, 6.07) is 30.5. The second-order valence-corrected chi connectivity index (χ2v) is 15.3. The van der Waals surface area contributed by atoms with Gasteiger partial charge in [-0.2, -0.15) is 0 Å². The molecule has 0 bridgehead atoms. The lowest BCUT2D eigenvalue weighted by Crippen LogP contribution is -2.49. The van der Waals surface area contributed by atoms with E-state index in [0.29, 0.717) is 24.1 Å². The number of fused-ring (bicyclic) bond motifs is 5.